The Bertz CT molecular complexity index is 149. The summed E-state index contributed by atoms with van der Waals surface area (Å²) < 4.78 is 11.8. The van der Waals surface area contributed by atoms with Gasteiger partial charge >= 0.3 is 0 Å². The Morgan fingerprint density at radius 2 is 0.857 bits per heavy atom. The summed E-state index contributed by atoms with van der Waals surface area (Å²) in [6.07, 6.45) is 0.445. The largest absolute Gasteiger partial charge is 0.370 e. The fourth-order valence-electron chi connectivity index (χ4n) is 1.46. The van der Waals surface area contributed by atoms with Gasteiger partial charge in [-0.25, -0.2) is 0 Å². The summed E-state index contributed by atoms with van der Waals surface area (Å²) >= 11 is 0. The molecule has 0 atom stereocenters. The first-order chi connectivity index (χ1) is 6.08. The minimum Gasteiger partial charge on any atom is -0.370 e. The van der Waals surface area contributed by atoms with Crippen molar-refractivity contribution in [3.8, 4) is 0 Å². The third-order valence-electron chi connectivity index (χ3n) is 2.51. The summed E-state index contributed by atoms with van der Waals surface area (Å²) in [6, 6.07) is 0. The summed E-state index contributed by atoms with van der Waals surface area (Å²) in [5, 5.41) is 0. The van der Waals surface area contributed by atoms with Crippen LogP contribution in [0, 0.1) is 0 Å². The fourth-order valence-corrected chi connectivity index (χ4v) is 1.46. The van der Waals surface area contributed by atoms with Gasteiger partial charge in [0.25, 0.3) is 0 Å². The predicted molar refractivity (Wildman–Crippen MR) is 60.6 cm³/mol. The summed E-state index contributed by atoms with van der Waals surface area (Å²) in [4.78, 5) is 0. The average Bonchev–Trinajstić information content (AvgIpc) is 1.78. The minimum atomic E-state index is -0.272. The van der Waals surface area contributed by atoms with Crippen LogP contribution in [-0.4, -0.2) is 23.4 Å². The van der Waals surface area contributed by atoms with Gasteiger partial charge in [-0.15, -0.1) is 0 Å². The van der Waals surface area contributed by atoms with E-state index in [0.29, 0.717) is 0 Å². The molecule has 0 rings (SSSR count). The van der Waals surface area contributed by atoms with E-state index in [0.717, 1.165) is 0 Å². The van der Waals surface area contributed by atoms with Crippen molar-refractivity contribution in [3.05, 3.63) is 0 Å². The van der Waals surface area contributed by atoms with E-state index in [4.69, 9.17) is 9.47 Å². The molecular formula is C12H26O2. The van der Waals surface area contributed by atoms with Gasteiger partial charge in [0.2, 0.25) is 0 Å². The normalized spacial score (nSPS) is 14.1. The average molecular weight is 202 g/mol. The molecule has 0 spiro atoms. The molecule has 0 saturated carbocycles. The van der Waals surface area contributed by atoms with Gasteiger partial charge in [0.05, 0.1) is 23.4 Å². The van der Waals surface area contributed by atoms with E-state index < -0.39 is 0 Å². The molecule has 0 radical (unpaired) electrons. The summed E-state index contributed by atoms with van der Waals surface area (Å²) in [5.74, 6) is 0. The maximum absolute atomic E-state index is 5.88. The van der Waals surface area contributed by atoms with Crippen LogP contribution in [0.15, 0.2) is 0 Å². The molecule has 2 heteroatoms. The van der Waals surface area contributed by atoms with Crippen molar-refractivity contribution in [1.29, 1.82) is 0 Å². The molecule has 0 aromatic rings. The highest BCUT2D eigenvalue weighted by Crippen LogP contribution is 2.31. The van der Waals surface area contributed by atoms with E-state index in [2.05, 4.69) is 27.7 Å². The SMILES string of the molecule is CC(C)OC(C)(C)C(C)(C)OC(C)C. The van der Waals surface area contributed by atoms with Gasteiger partial charge in [0, 0.05) is 0 Å². The summed E-state index contributed by atoms with van der Waals surface area (Å²) in [7, 11) is 0. The third kappa shape index (κ3) is 3.97. The molecule has 0 amide bonds. The second-order valence-electron chi connectivity index (χ2n) is 5.35. The first kappa shape index (κ1) is 13.9. The Kier molecular flexibility index (Phi) is 4.60. The van der Waals surface area contributed by atoms with Crippen molar-refractivity contribution in [2.24, 2.45) is 0 Å². The second kappa shape index (κ2) is 4.63. The van der Waals surface area contributed by atoms with Gasteiger partial charge in [-0.1, -0.05) is 0 Å². The summed E-state index contributed by atoms with van der Waals surface area (Å²) in [6.45, 7) is 16.5. The van der Waals surface area contributed by atoms with E-state index in [9.17, 15) is 0 Å². The maximum Gasteiger partial charge on any atom is 0.0913 e. The molecule has 0 fully saturated rings. The molecule has 86 valence electrons. The van der Waals surface area contributed by atoms with Crippen molar-refractivity contribution >= 4 is 0 Å². The molecule has 0 aliphatic carbocycles. The molecule has 2 nitrogen and oxygen atoms in total. The number of rotatable bonds is 5. The molecule has 0 unspecified atom stereocenters. The minimum absolute atomic E-state index is 0.222. The molecule has 0 heterocycles. The van der Waals surface area contributed by atoms with Crippen molar-refractivity contribution < 1.29 is 9.47 Å². The highest BCUT2D eigenvalue weighted by Gasteiger charge is 2.40. The number of hydrogen-bond donors (Lipinski definition) is 0. The molecular weight excluding hydrogens is 176 g/mol. The van der Waals surface area contributed by atoms with Crippen LogP contribution in [0.25, 0.3) is 0 Å². The lowest BCUT2D eigenvalue weighted by Gasteiger charge is -2.43. The van der Waals surface area contributed by atoms with E-state index in [-0.39, 0.29) is 23.4 Å². The van der Waals surface area contributed by atoms with E-state index in [1.165, 1.54) is 0 Å². The highest BCUT2D eigenvalue weighted by molar-refractivity contribution is 4.90. The van der Waals surface area contributed by atoms with Crippen LogP contribution in [0.2, 0.25) is 0 Å². The first-order valence-corrected chi connectivity index (χ1v) is 5.44. The summed E-state index contributed by atoms with van der Waals surface area (Å²) in [5.41, 5.74) is -0.545. The Labute approximate surface area is 89.0 Å². The van der Waals surface area contributed by atoms with Crippen LogP contribution < -0.4 is 0 Å². The van der Waals surface area contributed by atoms with Gasteiger partial charge in [0.1, 0.15) is 0 Å². The van der Waals surface area contributed by atoms with Gasteiger partial charge in [0.15, 0.2) is 0 Å². The molecule has 0 bridgehead atoms. The van der Waals surface area contributed by atoms with Crippen LogP contribution in [0.5, 0.6) is 0 Å². The Morgan fingerprint density at radius 1 is 0.643 bits per heavy atom. The van der Waals surface area contributed by atoms with Crippen molar-refractivity contribution in [1.82, 2.24) is 0 Å². The fraction of sp³-hybridized carbons (Fsp3) is 1.00. The van der Waals surface area contributed by atoms with Crippen molar-refractivity contribution in [3.63, 3.8) is 0 Å². The lowest BCUT2D eigenvalue weighted by atomic mass is 9.88. The van der Waals surface area contributed by atoms with Crippen molar-refractivity contribution in [2.75, 3.05) is 0 Å². The monoisotopic (exact) mass is 202 g/mol. The van der Waals surface area contributed by atoms with Gasteiger partial charge in [-0.05, 0) is 55.4 Å². The third-order valence-corrected chi connectivity index (χ3v) is 2.51. The zero-order chi connectivity index (χ0) is 11.6. The lowest BCUT2D eigenvalue weighted by molar-refractivity contribution is -0.204. The van der Waals surface area contributed by atoms with Crippen LogP contribution in [0.4, 0.5) is 0 Å². The van der Waals surface area contributed by atoms with E-state index >= 15 is 0 Å². The second-order valence-corrected chi connectivity index (χ2v) is 5.35. The molecule has 0 saturated heterocycles. The zero-order valence-corrected chi connectivity index (χ0v) is 11.0. The highest BCUT2D eigenvalue weighted by atomic mass is 16.6. The van der Waals surface area contributed by atoms with Gasteiger partial charge in [-0.3, -0.25) is 0 Å². The smallest absolute Gasteiger partial charge is 0.0913 e. The van der Waals surface area contributed by atoms with E-state index in [1.807, 2.05) is 27.7 Å². The van der Waals surface area contributed by atoms with Crippen LogP contribution in [0.1, 0.15) is 55.4 Å². The molecule has 0 aromatic carbocycles. The molecule has 14 heavy (non-hydrogen) atoms. The Balaban J connectivity index is 4.51. The quantitative estimate of drug-likeness (QED) is 0.680. The van der Waals surface area contributed by atoms with Crippen LogP contribution in [-0.2, 0) is 9.47 Å². The van der Waals surface area contributed by atoms with E-state index in [1.54, 1.807) is 0 Å². The van der Waals surface area contributed by atoms with Crippen LogP contribution in [0.3, 0.4) is 0 Å². The Hall–Kier alpha value is -0.0800. The number of ether oxygens (including phenoxy) is 2. The van der Waals surface area contributed by atoms with Crippen molar-refractivity contribution in [2.45, 2.75) is 78.8 Å². The lowest BCUT2D eigenvalue weighted by Crippen LogP contribution is -2.51. The topological polar surface area (TPSA) is 18.5 Å². The van der Waals surface area contributed by atoms with Crippen LogP contribution >= 0.6 is 0 Å². The van der Waals surface area contributed by atoms with Gasteiger partial charge in [-0.2, -0.15) is 0 Å². The molecule has 0 N–H and O–H groups in total. The molecule has 0 aliphatic rings. The zero-order valence-electron chi connectivity index (χ0n) is 11.0. The molecule has 0 aromatic heterocycles. The first-order valence-electron chi connectivity index (χ1n) is 5.44. The standard InChI is InChI=1S/C12H26O2/c1-9(2)13-11(5,6)12(7,8)14-10(3)4/h9-10H,1-8H3. The Morgan fingerprint density at radius 3 is 1.00 bits per heavy atom. The number of hydrogen-bond acceptors (Lipinski definition) is 2. The maximum atomic E-state index is 5.88. The molecule has 0 aliphatic heterocycles. The van der Waals surface area contributed by atoms with Gasteiger partial charge < -0.3 is 9.47 Å². The predicted octanol–water partition coefficient (Wildman–Crippen LogP) is 3.39.